The monoisotopic (exact) mass is 468 g/mol. The Morgan fingerprint density at radius 3 is 2.52 bits per heavy atom. The Bertz CT molecular complexity index is 1300. The molecule has 0 radical (unpaired) electrons. The Morgan fingerprint density at radius 2 is 1.88 bits per heavy atom. The number of aromatic amines is 1. The van der Waals surface area contributed by atoms with Gasteiger partial charge in [-0.2, -0.15) is 13.2 Å². The SMILES string of the molecule is CC[C@@H]1C[C@](O)(C(F)(F)F)[C@@H](Nc2ccc(F)c3[nH]c(=O)ccc23)c2cc(F)c(C)c(O)c21. The molecule has 4 rings (SSSR count). The van der Waals surface area contributed by atoms with Gasteiger partial charge >= 0.3 is 6.18 Å². The molecule has 0 fully saturated rings. The molecule has 3 atom stereocenters. The van der Waals surface area contributed by atoms with Crippen LogP contribution in [-0.4, -0.2) is 27.0 Å². The normalized spacial score (nSPS) is 22.9. The van der Waals surface area contributed by atoms with Crippen LogP contribution in [0.25, 0.3) is 10.9 Å². The van der Waals surface area contributed by atoms with Gasteiger partial charge in [0.2, 0.25) is 5.56 Å². The lowest BCUT2D eigenvalue weighted by Crippen LogP contribution is -2.55. The van der Waals surface area contributed by atoms with Gasteiger partial charge in [-0.3, -0.25) is 4.79 Å². The van der Waals surface area contributed by atoms with Crippen molar-refractivity contribution in [2.24, 2.45) is 0 Å². The van der Waals surface area contributed by atoms with Gasteiger partial charge in [-0.05, 0) is 55.5 Å². The standard InChI is InChI=1S/C23H21F5N2O3/c1-3-11-9-22(33,23(26,27)28)21(13-8-15(25)10(2)20(32)18(11)13)29-16-6-5-14(24)19-12(16)4-7-17(31)30-19/h4-8,11,21,29,32-33H,3,9H2,1-2H3,(H,30,31)/t11-,21+,22-/m1/s1. The fourth-order valence-corrected chi connectivity index (χ4v) is 4.62. The second kappa shape index (κ2) is 7.72. The van der Waals surface area contributed by atoms with E-state index in [-0.39, 0.29) is 39.7 Å². The fourth-order valence-electron chi connectivity index (χ4n) is 4.62. The lowest BCUT2D eigenvalue weighted by molar-refractivity contribution is -0.272. The van der Waals surface area contributed by atoms with Crippen molar-refractivity contribution in [3.63, 3.8) is 0 Å². The summed E-state index contributed by atoms with van der Waals surface area (Å²) in [6, 6.07) is 3.41. The average Bonchev–Trinajstić information content (AvgIpc) is 2.74. The number of hydrogen-bond donors (Lipinski definition) is 4. The van der Waals surface area contributed by atoms with Crippen LogP contribution in [0.1, 0.15) is 48.4 Å². The zero-order valence-corrected chi connectivity index (χ0v) is 17.6. The van der Waals surface area contributed by atoms with E-state index in [1.807, 2.05) is 0 Å². The molecule has 176 valence electrons. The summed E-state index contributed by atoms with van der Waals surface area (Å²) < 4.78 is 71.5. The largest absolute Gasteiger partial charge is 0.507 e. The van der Waals surface area contributed by atoms with E-state index in [9.17, 15) is 37.0 Å². The summed E-state index contributed by atoms with van der Waals surface area (Å²) in [5, 5.41) is 24.2. The first-order valence-corrected chi connectivity index (χ1v) is 10.3. The minimum Gasteiger partial charge on any atom is -0.507 e. The molecule has 0 unspecified atom stereocenters. The third-order valence-electron chi connectivity index (χ3n) is 6.44. The van der Waals surface area contributed by atoms with Gasteiger partial charge in [0.25, 0.3) is 0 Å². The van der Waals surface area contributed by atoms with Crippen molar-refractivity contribution >= 4 is 16.6 Å². The third-order valence-corrected chi connectivity index (χ3v) is 6.44. The van der Waals surface area contributed by atoms with Crippen molar-refractivity contribution in [3.05, 3.63) is 69.0 Å². The van der Waals surface area contributed by atoms with Crippen LogP contribution in [0.3, 0.4) is 0 Å². The molecule has 0 saturated heterocycles. The molecule has 1 heterocycles. The lowest BCUT2D eigenvalue weighted by atomic mass is 9.68. The molecule has 4 N–H and O–H groups in total. The molecule has 2 aromatic carbocycles. The molecule has 10 heteroatoms. The highest BCUT2D eigenvalue weighted by molar-refractivity contribution is 5.91. The molecule has 1 aromatic heterocycles. The molecule has 5 nitrogen and oxygen atoms in total. The number of H-pyrrole nitrogens is 1. The maximum atomic E-state index is 14.6. The Kier molecular flexibility index (Phi) is 5.39. The van der Waals surface area contributed by atoms with Crippen molar-refractivity contribution in [1.82, 2.24) is 4.98 Å². The van der Waals surface area contributed by atoms with Gasteiger partial charge in [-0.1, -0.05) is 6.92 Å². The molecule has 0 saturated carbocycles. The number of fused-ring (bicyclic) bond motifs is 2. The minimum atomic E-state index is -5.11. The number of aromatic hydroxyl groups is 1. The van der Waals surface area contributed by atoms with Gasteiger partial charge in [0.05, 0.1) is 11.6 Å². The molecule has 0 aliphatic heterocycles. The zero-order chi connectivity index (χ0) is 24.3. The first kappa shape index (κ1) is 23.0. The predicted molar refractivity (Wildman–Crippen MR) is 112 cm³/mol. The van der Waals surface area contributed by atoms with Crippen LogP contribution in [0.4, 0.5) is 27.6 Å². The quantitative estimate of drug-likeness (QED) is 0.400. The Morgan fingerprint density at radius 1 is 1.18 bits per heavy atom. The highest BCUT2D eigenvalue weighted by atomic mass is 19.4. The summed E-state index contributed by atoms with van der Waals surface area (Å²) >= 11 is 0. The van der Waals surface area contributed by atoms with Crippen molar-refractivity contribution in [3.8, 4) is 5.75 Å². The zero-order valence-electron chi connectivity index (χ0n) is 17.6. The highest BCUT2D eigenvalue weighted by Gasteiger charge is 2.62. The van der Waals surface area contributed by atoms with Gasteiger partial charge in [-0.15, -0.1) is 0 Å². The van der Waals surface area contributed by atoms with Gasteiger partial charge in [-0.25, -0.2) is 8.78 Å². The third kappa shape index (κ3) is 3.52. The lowest BCUT2D eigenvalue weighted by Gasteiger charge is -2.46. The van der Waals surface area contributed by atoms with Gasteiger partial charge in [0, 0.05) is 28.3 Å². The first-order chi connectivity index (χ1) is 15.4. The summed E-state index contributed by atoms with van der Waals surface area (Å²) in [4.78, 5) is 13.9. The van der Waals surface area contributed by atoms with Crippen LogP contribution >= 0.6 is 0 Å². The number of halogens is 5. The van der Waals surface area contributed by atoms with Gasteiger partial charge < -0.3 is 20.5 Å². The van der Waals surface area contributed by atoms with Crippen LogP contribution in [0, 0.1) is 18.6 Å². The fraction of sp³-hybridized carbons (Fsp3) is 0.348. The summed E-state index contributed by atoms with van der Waals surface area (Å²) in [5.74, 6) is -3.06. The van der Waals surface area contributed by atoms with E-state index in [2.05, 4.69) is 10.3 Å². The minimum absolute atomic E-state index is 0.0169. The summed E-state index contributed by atoms with van der Waals surface area (Å²) in [6.07, 6.45) is -5.72. The molecular formula is C23H21F5N2O3. The number of benzene rings is 2. The van der Waals surface area contributed by atoms with E-state index < -0.39 is 53.1 Å². The van der Waals surface area contributed by atoms with Crippen LogP contribution in [0.2, 0.25) is 0 Å². The van der Waals surface area contributed by atoms with Crippen LogP contribution in [-0.2, 0) is 0 Å². The van der Waals surface area contributed by atoms with Gasteiger partial charge in [0.1, 0.15) is 17.4 Å². The van der Waals surface area contributed by atoms with Crippen LogP contribution < -0.4 is 10.9 Å². The van der Waals surface area contributed by atoms with Gasteiger partial charge in [0.15, 0.2) is 5.60 Å². The molecule has 1 aliphatic rings. The number of nitrogens with one attached hydrogen (secondary N) is 2. The number of phenolic OH excluding ortho intramolecular Hbond substituents is 1. The summed E-state index contributed by atoms with van der Waals surface area (Å²) in [7, 11) is 0. The topological polar surface area (TPSA) is 85.4 Å². The molecule has 1 aliphatic carbocycles. The van der Waals surface area contributed by atoms with E-state index in [0.29, 0.717) is 0 Å². The Balaban J connectivity index is 1.98. The number of phenols is 1. The molecule has 3 aromatic rings. The molecule has 33 heavy (non-hydrogen) atoms. The number of rotatable bonds is 3. The Hall–Kier alpha value is -3.14. The maximum absolute atomic E-state index is 14.6. The van der Waals surface area contributed by atoms with E-state index in [1.165, 1.54) is 19.1 Å². The molecule has 0 spiro atoms. The average molecular weight is 468 g/mol. The smallest absolute Gasteiger partial charge is 0.419 e. The molecule has 0 amide bonds. The number of aliphatic hydroxyl groups is 1. The first-order valence-electron chi connectivity index (χ1n) is 10.3. The van der Waals surface area contributed by atoms with Crippen molar-refractivity contribution in [2.45, 2.75) is 50.4 Å². The van der Waals surface area contributed by atoms with E-state index in [0.717, 1.165) is 18.2 Å². The second-order valence-corrected chi connectivity index (χ2v) is 8.35. The number of aromatic nitrogens is 1. The molecule has 0 bridgehead atoms. The van der Waals surface area contributed by atoms with E-state index in [1.54, 1.807) is 6.92 Å². The number of pyridine rings is 1. The van der Waals surface area contributed by atoms with Crippen molar-refractivity contribution in [2.75, 3.05) is 5.32 Å². The number of anilines is 1. The number of hydrogen-bond acceptors (Lipinski definition) is 4. The molecular weight excluding hydrogens is 447 g/mol. The van der Waals surface area contributed by atoms with E-state index in [4.69, 9.17) is 0 Å². The maximum Gasteiger partial charge on any atom is 0.419 e. The highest BCUT2D eigenvalue weighted by Crippen LogP contribution is 2.55. The van der Waals surface area contributed by atoms with Crippen molar-refractivity contribution < 1.29 is 32.2 Å². The second-order valence-electron chi connectivity index (χ2n) is 8.35. The summed E-state index contributed by atoms with van der Waals surface area (Å²) in [6.45, 7) is 2.93. The van der Waals surface area contributed by atoms with Crippen LogP contribution in [0.15, 0.2) is 35.1 Å². The van der Waals surface area contributed by atoms with Crippen molar-refractivity contribution in [1.29, 1.82) is 0 Å². The number of alkyl halides is 3. The predicted octanol–water partition coefficient (Wildman–Crippen LogP) is 5.16. The van der Waals surface area contributed by atoms with E-state index >= 15 is 0 Å². The summed E-state index contributed by atoms with van der Waals surface area (Å²) in [5.41, 5.74) is -4.40. The van der Waals surface area contributed by atoms with Crippen LogP contribution in [0.5, 0.6) is 5.75 Å². The Labute approximate surface area is 184 Å².